The zero-order chi connectivity index (χ0) is 20.7. The quantitative estimate of drug-likeness (QED) is 0.440. The Labute approximate surface area is 174 Å². The second kappa shape index (κ2) is 6.91. The third-order valence-corrected chi connectivity index (χ3v) is 5.42. The number of aryl methyl sites for hydroxylation is 1. The van der Waals surface area contributed by atoms with Gasteiger partial charge in [0.05, 0.1) is 5.52 Å². The zero-order valence-electron chi connectivity index (χ0n) is 17.2. The van der Waals surface area contributed by atoms with Gasteiger partial charge in [0.15, 0.2) is 11.6 Å². The molecule has 0 aliphatic rings. The minimum absolute atomic E-state index is 0.581. The molecule has 0 unspecified atom stereocenters. The summed E-state index contributed by atoms with van der Waals surface area (Å²) < 4.78 is 4.03. The van der Waals surface area contributed by atoms with Crippen LogP contribution in [0.3, 0.4) is 0 Å². The van der Waals surface area contributed by atoms with Crippen LogP contribution >= 0.6 is 0 Å². The van der Waals surface area contributed by atoms with Gasteiger partial charge >= 0.3 is 0 Å². The number of para-hydroxylation sites is 2. The maximum Gasteiger partial charge on any atom is 0.168 e. The van der Waals surface area contributed by atoms with Crippen LogP contribution in [0, 0.1) is 6.92 Å². The predicted octanol–water partition coefficient (Wildman–Crippen LogP) is 4.77. The van der Waals surface area contributed by atoms with Crippen molar-refractivity contribution in [2.75, 3.05) is 0 Å². The van der Waals surface area contributed by atoms with E-state index in [9.17, 15) is 0 Å². The summed E-state index contributed by atoms with van der Waals surface area (Å²) in [5.41, 5.74) is 4.46. The highest BCUT2D eigenvalue weighted by Gasteiger charge is 2.33. The van der Waals surface area contributed by atoms with Gasteiger partial charge in [-0.2, -0.15) is 0 Å². The first-order valence-electron chi connectivity index (χ1n) is 9.95. The first-order chi connectivity index (χ1) is 14.6. The van der Waals surface area contributed by atoms with Crippen molar-refractivity contribution in [1.82, 2.24) is 29.8 Å². The Morgan fingerprint density at radius 3 is 2.20 bits per heavy atom. The van der Waals surface area contributed by atoms with Crippen molar-refractivity contribution in [2.24, 2.45) is 0 Å². The lowest BCUT2D eigenvalue weighted by Crippen LogP contribution is -2.32. The molecule has 0 radical (unpaired) electrons. The smallest absolute Gasteiger partial charge is 0.168 e. The van der Waals surface area contributed by atoms with Crippen LogP contribution in [-0.2, 0) is 5.54 Å². The Morgan fingerprint density at radius 2 is 1.43 bits per heavy atom. The average molecular weight is 394 g/mol. The van der Waals surface area contributed by atoms with Gasteiger partial charge in [-0.3, -0.25) is 4.57 Å². The first kappa shape index (κ1) is 18.2. The van der Waals surface area contributed by atoms with Gasteiger partial charge in [-0.05, 0) is 45.0 Å². The molecule has 0 aliphatic heterocycles. The predicted molar refractivity (Wildman–Crippen MR) is 117 cm³/mol. The van der Waals surface area contributed by atoms with Crippen LogP contribution in [0.2, 0.25) is 0 Å². The minimum atomic E-state index is -0.581. The molecule has 148 valence electrons. The Hall–Kier alpha value is -3.80. The Morgan fingerprint density at radius 1 is 0.733 bits per heavy atom. The summed E-state index contributed by atoms with van der Waals surface area (Å²) in [4.78, 5) is 0. The van der Waals surface area contributed by atoms with Crippen LogP contribution < -0.4 is 0 Å². The second-order valence-electron chi connectivity index (χ2n) is 7.93. The number of rotatable bonds is 4. The summed E-state index contributed by atoms with van der Waals surface area (Å²) in [5.74, 6) is 1.59. The van der Waals surface area contributed by atoms with E-state index in [-0.39, 0.29) is 0 Å². The summed E-state index contributed by atoms with van der Waals surface area (Å²) in [6, 6.07) is 26.5. The van der Waals surface area contributed by atoms with Crippen molar-refractivity contribution in [2.45, 2.75) is 26.3 Å². The fourth-order valence-corrected chi connectivity index (χ4v) is 3.77. The highest BCUT2D eigenvalue weighted by molar-refractivity contribution is 5.74. The standard InChI is InChI=1S/C24H22N6/c1-17-13-15-18(16-14-17)22-26-27-23(29(22)19-9-5-4-6-10-19)24(2,3)30-21-12-8-7-11-20(21)25-28-30/h4-16H,1-3H3. The summed E-state index contributed by atoms with van der Waals surface area (Å²) in [6.07, 6.45) is 0. The molecule has 6 heteroatoms. The van der Waals surface area contributed by atoms with Crippen molar-refractivity contribution < 1.29 is 0 Å². The van der Waals surface area contributed by atoms with E-state index in [2.05, 4.69) is 82.2 Å². The topological polar surface area (TPSA) is 61.4 Å². The molecule has 0 atom stereocenters. The third-order valence-electron chi connectivity index (χ3n) is 5.42. The molecule has 0 spiro atoms. The largest absolute Gasteiger partial charge is 0.277 e. The Kier molecular flexibility index (Phi) is 4.20. The number of hydrogen-bond donors (Lipinski definition) is 0. The van der Waals surface area contributed by atoms with Crippen LogP contribution in [0.25, 0.3) is 28.1 Å². The molecular formula is C24H22N6. The van der Waals surface area contributed by atoms with E-state index in [0.29, 0.717) is 0 Å². The van der Waals surface area contributed by atoms with E-state index in [1.165, 1.54) is 5.56 Å². The van der Waals surface area contributed by atoms with Crippen molar-refractivity contribution in [3.05, 3.63) is 90.3 Å². The van der Waals surface area contributed by atoms with Gasteiger partial charge in [0.1, 0.15) is 11.1 Å². The van der Waals surface area contributed by atoms with E-state index in [0.717, 1.165) is 33.9 Å². The van der Waals surface area contributed by atoms with E-state index >= 15 is 0 Å². The Bertz CT molecular complexity index is 1310. The fourth-order valence-electron chi connectivity index (χ4n) is 3.77. The molecule has 0 N–H and O–H groups in total. The second-order valence-corrected chi connectivity index (χ2v) is 7.93. The van der Waals surface area contributed by atoms with E-state index < -0.39 is 5.54 Å². The van der Waals surface area contributed by atoms with Gasteiger partial charge in [-0.15, -0.1) is 15.3 Å². The fraction of sp³-hybridized carbons (Fsp3) is 0.167. The maximum absolute atomic E-state index is 4.65. The van der Waals surface area contributed by atoms with Crippen molar-refractivity contribution in [3.8, 4) is 17.1 Å². The maximum atomic E-state index is 4.65. The summed E-state index contributed by atoms with van der Waals surface area (Å²) in [6.45, 7) is 6.27. The summed E-state index contributed by atoms with van der Waals surface area (Å²) >= 11 is 0. The molecule has 5 rings (SSSR count). The molecule has 2 heterocycles. The van der Waals surface area contributed by atoms with Crippen molar-refractivity contribution >= 4 is 11.0 Å². The lowest BCUT2D eigenvalue weighted by atomic mass is 10.0. The first-order valence-corrected chi connectivity index (χ1v) is 9.95. The molecule has 0 aliphatic carbocycles. The number of benzene rings is 3. The molecule has 0 fully saturated rings. The third kappa shape index (κ3) is 2.88. The zero-order valence-corrected chi connectivity index (χ0v) is 17.2. The van der Waals surface area contributed by atoms with Gasteiger partial charge in [-0.1, -0.05) is 65.4 Å². The molecule has 0 amide bonds. The van der Waals surface area contributed by atoms with E-state index in [1.54, 1.807) is 0 Å². The van der Waals surface area contributed by atoms with E-state index in [1.807, 2.05) is 47.1 Å². The molecular weight excluding hydrogens is 372 g/mol. The molecule has 2 aromatic heterocycles. The summed E-state index contributed by atoms with van der Waals surface area (Å²) in [7, 11) is 0. The number of hydrogen-bond acceptors (Lipinski definition) is 4. The molecule has 6 nitrogen and oxygen atoms in total. The number of fused-ring (bicyclic) bond motifs is 1. The van der Waals surface area contributed by atoms with Gasteiger partial charge in [0.2, 0.25) is 0 Å². The molecule has 0 saturated carbocycles. The van der Waals surface area contributed by atoms with Crippen LogP contribution in [0.5, 0.6) is 0 Å². The average Bonchev–Trinajstić information content (AvgIpc) is 3.40. The summed E-state index contributed by atoms with van der Waals surface area (Å²) in [5, 5.41) is 18.1. The van der Waals surface area contributed by atoms with Gasteiger partial charge in [0.25, 0.3) is 0 Å². The van der Waals surface area contributed by atoms with Crippen molar-refractivity contribution in [1.29, 1.82) is 0 Å². The van der Waals surface area contributed by atoms with Gasteiger partial charge in [0, 0.05) is 11.3 Å². The minimum Gasteiger partial charge on any atom is -0.277 e. The highest BCUT2D eigenvalue weighted by Crippen LogP contribution is 2.32. The SMILES string of the molecule is Cc1ccc(-c2nnc(C(C)(C)n3nnc4ccccc43)n2-c2ccccc2)cc1. The lowest BCUT2D eigenvalue weighted by Gasteiger charge is -2.25. The van der Waals surface area contributed by atoms with Crippen LogP contribution in [-0.4, -0.2) is 29.8 Å². The monoisotopic (exact) mass is 394 g/mol. The molecule has 0 bridgehead atoms. The van der Waals surface area contributed by atoms with Crippen LogP contribution in [0.1, 0.15) is 25.2 Å². The van der Waals surface area contributed by atoms with Crippen LogP contribution in [0.4, 0.5) is 0 Å². The molecule has 5 aromatic rings. The molecule has 3 aromatic carbocycles. The van der Waals surface area contributed by atoms with Gasteiger partial charge < -0.3 is 0 Å². The molecule has 30 heavy (non-hydrogen) atoms. The Balaban J connectivity index is 1.75. The van der Waals surface area contributed by atoms with Gasteiger partial charge in [-0.25, -0.2) is 4.68 Å². The number of aromatic nitrogens is 6. The van der Waals surface area contributed by atoms with Crippen molar-refractivity contribution in [3.63, 3.8) is 0 Å². The normalized spacial score (nSPS) is 11.8. The lowest BCUT2D eigenvalue weighted by molar-refractivity contribution is 0.365. The van der Waals surface area contributed by atoms with Crippen LogP contribution in [0.15, 0.2) is 78.9 Å². The number of nitrogens with zero attached hydrogens (tertiary/aromatic N) is 6. The highest BCUT2D eigenvalue weighted by atomic mass is 15.5. The van der Waals surface area contributed by atoms with E-state index in [4.69, 9.17) is 0 Å². The molecule has 0 saturated heterocycles.